The second-order valence-electron chi connectivity index (χ2n) is 8.86. The summed E-state index contributed by atoms with van der Waals surface area (Å²) in [4.78, 5) is 28.4. The molecule has 1 aromatic rings. The van der Waals surface area contributed by atoms with Crippen LogP contribution in [0.3, 0.4) is 0 Å². The molecule has 1 atom stereocenters. The standard InChI is InChI=1S/C21H25NO2/c1-20(2)11-15-17(16(23)12-20)19(24)21(3,4)18-14-8-6-5-7-13(14)9-10-22(15)18/h5-8,18H,9-12H2,1-4H3/t18-/m0/s1. The van der Waals surface area contributed by atoms with Gasteiger partial charge in [-0.15, -0.1) is 0 Å². The first-order valence-electron chi connectivity index (χ1n) is 8.88. The molecule has 0 unspecified atom stereocenters. The van der Waals surface area contributed by atoms with Gasteiger partial charge in [0.25, 0.3) is 0 Å². The Kier molecular flexibility index (Phi) is 3.13. The highest BCUT2D eigenvalue weighted by atomic mass is 16.2. The number of nitrogens with zero attached hydrogens (tertiary/aromatic N) is 1. The van der Waals surface area contributed by atoms with Crippen molar-refractivity contribution in [3.63, 3.8) is 0 Å². The zero-order chi connectivity index (χ0) is 17.3. The predicted molar refractivity (Wildman–Crippen MR) is 93.4 cm³/mol. The number of carbonyl (C=O) groups excluding carboxylic acids is 2. The first-order valence-corrected chi connectivity index (χ1v) is 8.88. The van der Waals surface area contributed by atoms with Crippen molar-refractivity contribution in [2.75, 3.05) is 6.54 Å². The summed E-state index contributed by atoms with van der Waals surface area (Å²) in [5, 5.41) is 0. The molecule has 0 saturated carbocycles. The number of hydrogen-bond donors (Lipinski definition) is 0. The molecule has 0 radical (unpaired) electrons. The number of carbonyl (C=O) groups is 2. The van der Waals surface area contributed by atoms with E-state index in [-0.39, 0.29) is 23.0 Å². The highest BCUT2D eigenvalue weighted by Crippen LogP contribution is 2.53. The summed E-state index contributed by atoms with van der Waals surface area (Å²) in [6.45, 7) is 9.16. The van der Waals surface area contributed by atoms with Crippen molar-refractivity contribution in [1.29, 1.82) is 0 Å². The van der Waals surface area contributed by atoms with Crippen LogP contribution in [0.4, 0.5) is 0 Å². The highest BCUT2D eigenvalue weighted by Gasteiger charge is 2.53. The molecule has 3 aliphatic rings. The minimum atomic E-state index is -0.577. The normalized spacial score (nSPS) is 27.5. The zero-order valence-electron chi connectivity index (χ0n) is 15.0. The van der Waals surface area contributed by atoms with Crippen LogP contribution in [0.5, 0.6) is 0 Å². The van der Waals surface area contributed by atoms with Crippen molar-refractivity contribution in [3.8, 4) is 0 Å². The van der Waals surface area contributed by atoms with Gasteiger partial charge in [0, 0.05) is 18.7 Å². The molecule has 2 heterocycles. The van der Waals surface area contributed by atoms with Gasteiger partial charge in [0.15, 0.2) is 11.6 Å². The molecular weight excluding hydrogens is 298 g/mol. The Labute approximate surface area is 143 Å². The second-order valence-corrected chi connectivity index (χ2v) is 8.86. The van der Waals surface area contributed by atoms with E-state index < -0.39 is 5.41 Å². The lowest BCUT2D eigenvalue weighted by molar-refractivity contribution is -0.133. The Morgan fingerprint density at radius 3 is 2.50 bits per heavy atom. The van der Waals surface area contributed by atoms with E-state index in [2.05, 4.69) is 43.0 Å². The number of benzene rings is 1. The van der Waals surface area contributed by atoms with Crippen LogP contribution < -0.4 is 0 Å². The molecule has 1 aromatic carbocycles. The van der Waals surface area contributed by atoms with Crippen LogP contribution in [0, 0.1) is 10.8 Å². The lowest BCUT2D eigenvalue weighted by Gasteiger charge is -2.53. The number of ketones is 2. The summed E-state index contributed by atoms with van der Waals surface area (Å²) in [6, 6.07) is 8.50. The van der Waals surface area contributed by atoms with Crippen molar-refractivity contribution >= 4 is 11.6 Å². The summed E-state index contributed by atoms with van der Waals surface area (Å²) in [5.41, 5.74) is 3.44. The minimum absolute atomic E-state index is 0.0374. The molecule has 3 nitrogen and oxygen atoms in total. The van der Waals surface area contributed by atoms with Crippen LogP contribution in [-0.2, 0) is 16.0 Å². The van der Waals surface area contributed by atoms with Crippen LogP contribution in [0.25, 0.3) is 0 Å². The van der Waals surface area contributed by atoms with E-state index in [1.165, 1.54) is 11.1 Å². The average molecular weight is 323 g/mol. The summed E-state index contributed by atoms with van der Waals surface area (Å²) >= 11 is 0. The Morgan fingerprint density at radius 2 is 1.75 bits per heavy atom. The maximum absolute atomic E-state index is 13.3. The van der Waals surface area contributed by atoms with Gasteiger partial charge in [-0.3, -0.25) is 9.59 Å². The molecule has 2 aliphatic heterocycles. The van der Waals surface area contributed by atoms with Crippen LogP contribution in [-0.4, -0.2) is 23.0 Å². The molecule has 24 heavy (non-hydrogen) atoms. The molecule has 1 aliphatic carbocycles. The first-order chi connectivity index (χ1) is 11.2. The lowest BCUT2D eigenvalue weighted by Crippen LogP contribution is -2.53. The van der Waals surface area contributed by atoms with Gasteiger partial charge < -0.3 is 4.90 Å². The van der Waals surface area contributed by atoms with Crippen molar-refractivity contribution < 1.29 is 9.59 Å². The van der Waals surface area contributed by atoms with E-state index >= 15 is 0 Å². The van der Waals surface area contributed by atoms with E-state index in [1.54, 1.807) is 0 Å². The van der Waals surface area contributed by atoms with Gasteiger partial charge in [-0.1, -0.05) is 52.0 Å². The molecular formula is C21H25NO2. The summed E-state index contributed by atoms with van der Waals surface area (Å²) in [6.07, 6.45) is 2.26. The topological polar surface area (TPSA) is 37.4 Å². The highest BCUT2D eigenvalue weighted by molar-refractivity contribution is 6.23. The molecule has 0 N–H and O–H groups in total. The fourth-order valence-corrected chi connectivity index (χ4v) is 4.87. The van der Waals surface area contributed by atoms with E-state index in [1.807, 2.05) is 13.8 Å². The Morgan fingerprint density at radius 1 is 1.04 bits per heavy atom. The van der Waals surface area contributed by atoms with E-state index in [0.29, 0.717) is 12.0 Å². The average Bonchev–Trinajstić information content (AvgIpc) is 2.50. The predicted octanol–water partition coefficient (Wildman–Crippen LogP) is 3.84. The van der Waals surface area contributed by atoms with Crippen LogP contribution in [0.1, 0.15) is 57.7 Å². The van der Waals surface area contributed by atoms with Gasteiger partial charge in [-0.05, 0) is 29.4 Å². The second kappa shape index (κ2) is 4.81. The molecule has 0 aromatic heterocycles. The zero-order valence-corrected chi connectivity index (χ0v) is 15.0. The SMILES string of the molecule is CC1(C)CC(=O)C2=C(C1)N1CCc3ccccc3[C@H]1C(C)(C)C2=O. The molecule has 0 fully saturated rings. The molecule has 0 saturated heterocycles. The third-order valence-electron chi connectivity index (χ3n) is 5.98. The quantitative estimate of drug-likeness (QED) is 0.681. The van der Waals surface area contributed by atoms with Crippen LogP contribution in [0.2, 0.25) is 0 Å². The van der Waals surface area contributed by atoms with Crippen LogP contribution >= 0.6 is 0 Å². The number of allylic oxidation sites excluding steroid dienone is 2. The Bertz CT molecular complexity index is 785. The third-order valence-corrected chi connectivity index (χ3v) is 5.98. The van der Waals surface area contributed by atoms with E-state index in [9.17, 15) is 9.59 Å². The Balaban J connectivity index is 1.93. The van der Waals surface area contributed by atoms with Crippen molar-refractivity contribution in [1.82, 2.24) is 4.90 Å². The maximum Gasteiger partial charge on any atom is 0.176 e. The molecule has 0 spiro atoms. The van der Waals surface area contributed by atoms with Gasteiger partial charge in [0.1, 0.15) is 0 Å². The van der Waals surface area contributed by atoms with Gasteiger partial charge in [0.2, 0.25) is 0 Å². The fraction of sp³-hybridized carbons (Fsp3) is 0.524. The van der Waals surface area contributed by atoms with Crippen LogP contribution in [0.15, 0.2) is 35.5 Å². The monoisotopic (exact) mass is 323 g/mol. The number of rotatable bonds is 0. The molecule has 0 amide bonds. The van der Waals surface area contributed by atoms with Gasteiger partial charge >= 0.3 is 0 Å². The summed E-state index contributed by atoms with van der Waals surface area (Å²) in [5.74, 6) is 0.0765. The fourth-order valence-electron chi connectivity index (χ4n) is 4.87. The van der Waals surface area contributed by atoms with Crippen molar-refractivity contribution in [2.24, 2.45) is 10.8 Å². The minimum Gasteiger partial charge on any atom is -0.366 e. The summed E-state index contributed by atoms with van der Waals surface area (Å²) < 4.78 is 0. The lowest BCUT2D eigenvalue weighted by atomic mass is 9.63. The Hall–Kier alpha value is -1.90. The smallest absolute Gasteiger partial charge is 0.176 e. The molecule has 3 heteroatoms. The summed E-state index contributed by atoms with van der Waals surface area (Å²) in [7, 11) is 0. The largest absolute Gasteiger partial charge is 0.366 e. The van der Waals surface area contributed by atoms with Crippen molar-refractivity contribution in [3.05, 3.63) is 46.7 Å². The first kappa shape index (κ1) is 15.6. The number of hydrogen-bond acceptors (Lipinski definition) is 3. The number of fused-ring (bicyclic) bond motifs is 4. The van der Waals surface area contributed by atoms with E-state index in [0.717, 1.165) is 25.1 Å². The van der Waals surface area contributed by atoms with E-state index in [4.69, 9.17) is 0 Å². The van der Waals surface area contributed by atoms with Gasteiger partial charge in [-0.25, -0.2) is 0 Å². The van der Waals surface area contributed by atoms with Gasteiger partial charge in [-0.2, -0.15) is 0 Å². The maximum atomic E-state index is 13.3. The van der Waals surface area contributed by atoms with Gasteiger partial charge in [0.05, 0.1) is 17.0 Å². The molecule has 126 valence electrons. The molecule has 4 rings (SSSR count). The number of Topliss-reactive ketones (excluding diaryl/α,β-unsaturated/α-hetero) is 2. The molecule has 0 bridgehead atoms. The third kappa shape index (κ3) is 2.03. The van der Waals surface area contributed by atoms with Crippen molar-refractivity contribution in [2.45, 2.75) is 53.0 Å².